The van der Waals surface area contributed by atoms with Crippen molar-refractivity contribution in [3.8, 4) is 6.07 Å². The number of halogens is 1. The van der Waals surface area contributed by atoms with Gasteiger partial charge in [-0.05, 0) is 25.5 Å². The first-order valence-electron chi connectivity index (χ1n) is 5.98. The zero-order chi connectivity index (χ0) is 12.8. The number of hydrogen-bond donors (Lipinski definition) is 2. The van der Waals surface area contributed by atoms with Crippen molar-refractivity contribution in [1.82, 2.24) is 10.3 Å². The van der Waals surface area contributed by atoms with E-state index < -0.39 is 0 Å². The van der Waals surface area contributed by atoms with Crippen molar-refractivity contribution in [1.29, 1.82) is 5.26 Å². The lowest BCUT2D eigenvalue weighted by Crippen LogP contribution is -2.21. The predicted octanol–water partition coefficient (Wildman–Crippen LogP) is 2.33. The summed E-state index contributed by atoms with van der Waals surface area (Å²) in [4.78, 5) is 4.14. The van der Waals surface area contributed by atoms with Crippen LogP contribution in [0.5, 0.6) is 0 Å². The molecule has 2 rings (SSSR count). The van der Waals surface area contributed by atoms with Crippen molar-refractivity contribution in [2.24, 2.45) is 0 Å². The number of nitrogens with zero attached hydrogens (tertiary/aromatic N) is 2. The van der Waals surface area contributed by atoms with Gasteiger partial charge in [0.2, 0.25) is 0 Å². The molecule has 0 fully saturated rings. The van der Waals surface area contributed by atoms with Gasteiger partial charge in [0.25, 0.3) is 0 Å². The molecule has 0 unspecified atom stereocenters. The number of anilines is 1. The molecule has 4 nitrogen and oxygen atoms in total. The summed E-state index contributed by atoms with van der Waals surface area (Å²) < 4.78 is 0. The second-order valence-corrected chi connectivity index (χ2v) is 4.50. The van der Waals surface area contributed by atoms with Gasteiger partial charge in [0, 0.05) is 19.3 Å². The second kappa shape index (κ2) is 6.39. The highest BCUT2D eigenvalue weighted by atomic mass is 35.5. The number of pyridine rings is 1. The van der Waals surface area contributed by atoms with Crippen LogP contribution < -0.4 is 10.6 Å². The average molecular weight is 263 g/mol. The molecule has 0 radical (unpaired) electrons. The van der Waals surface area contributed by atoms with Crippen LogP contribution in [0.15, 0.2) is 23.9 Å². The van der Waals surface area contributed by atoms with Crippen LogP contribution in [-0.2, 0) is 0 Å². The summed E-state index contributed by atoms with van der Waals surface area (Å²) in [7, 11) is 0. The molecule has 0 atom stereocenters. The second-order valence-electron chi connectivity index (χ2n) is 4.13. The quantitative estimate of drug-likeness (QED) is 0.818. The Bertz CT molecular complexity index is 490. The topological polar surface area (TPSA) is 60.7 Å². The van der Waals surface area contributed by atoms with E-state index in [-0.39, 0.29) is 0 Å². The molecular weight excluding hydrogens is 248 g/mol. The normalized spacial score (nSPS) is 14.8. The molecule has 0 saturated carbocycles. The maximum atomic E-state index is 8.87. The van der Waals surface area contributed by atoms with E-state index >= 15 is 0 Å². The highest BCUT2D eigenvalue weighted by molar-refractivity contribution is 6.34. The summed E-state index contributed by atoms with van der Waals surface area (Å²) in [6, 6.07) is 3.66. The van der Waals surface area contributed by atoms with Crippen LogP contribution in [0.3, 0.4) is 0 Å². The van der Waals surface area contributed by atoms with Crippen molar-refractivity contribution >= 4 is 17.4 Å². The maximum absolute atomic E-state index is 8.87. The molecule has 0 amide bonds. The number of nitriles is 1. The Morgan fingerprint density at radius 3 is 3.17 bits per heavy atom. The van der Waals surface area contributed by atoms with Crippen molar-refractivity contribution in [3.63, 3.8) is 0 Å². The minimum Gasteiger partial charge on any atom is -0.368 e. The standard InChI is InChI=1S/C13H15ClN4/c14-12-11(9-15)4-8-18-13(12)17-7-3-10-1-5-16-6-2-10/h1,4,8,16H,2-3,5-7H2,(H,17,18). The Hall–Kier alpha value is -1.57. The molecule has 1 aromatic heterocycles. The van der Waals surface area contributed by atoms with E-state index in [0.717, 1.165) is 32.5 Å². The van der Waals surface area contributed by atoms with Crippen molar-refractivity contribution in [2.75, 3.05) is 25.0 Å². The zero-order valence-corrected chi connectivity index (χ0v) is 10.8. The highest BCUT2D eigenvalue weighted by Crippen LogP contribution is 2.22. The smallest absolute Gasteiger partial charge is 0.146 e. The van der Waals surface area contributed by atoms with Crippen molar-refractivity contribution in [2.45, 2.75) is 12.8 Å². The molecular formula is C13H15ClN4. The minimum atomic E-state index is 0.402. The Kier molecular flexibility index (Phi) is 4.57. The molecule has 2 heterocycles. The van der Waals surface area contributed by atoms with E-state index in [1.807, 2.05) is 6.07 Å². The van der Waals surface area contributed by atoms with Gasteiger partial charge < -0.3 is 10.6 Å². The molecule has 5 heteroatoms. The molecule has 1 aromatic rings. The maximum Gasteiger partial charge on any atom is 0.146 e. The molecule has 18 heavy (non-hydrogen) atoms. The lowest BCUT2D eigenvalue weighted by Gasteiger charge is -2.14. The molecule has 1 aliphatic rings. The van der Waals surface area contributed by atoms with Gasteiger partial charge >= 0.3 is 0 Å². The van der Waals surface area contributed by atoms with Crippen LogP contribution in [0.1, 0.15) is 18.4 Å². The third-order valence-electron chi connectivity index (χ3n) is 2.91. The predicted molar refractivity (Wildman–Crippen MR) is 72.6 cm³/mol. The molecule has 0 saturated heterocycles. The van der Waals surface area contributed by atoms with E-state index in [1.165, 1.54) is 5.57 Å². The first-order chi connectivity index (χ1) is 8.81. The monoisotopic (exact) mass is 262 g/mol. The lowest BCUT2D eigenvalue weighted by atomic mass is 10.1. The van der Waals surface area contributed by atoms with Gasteiger partial charge in [-0.25, -0.2) is 4.98 Å². The third-order valence-corrected chi connectivity index (χ3v) is 3.29. The Morgan fingerprint density at radius 2 is 2.44 bits per heavy atom. The van der Waals surface area contributed by atoms with E-state index in [2.05, 4.69) is 21.7 Å². The number of aromatic nitrogens is 1. The molecule has 0 spiro atoms. The van der Waals surface area contributed by atoms with Crippen LogP contribution in [0.25, 0.3) is 0 Å². The summed E-state index contributed by atoms with van der Waals surface area (Å²) in [5.41, 5.74) is 1.91. The highest BCUT2D eigenvalue weighted by Gasteiger charge is 2.07. The molecule has 0 bridgehead atoms. The SMILES string of the molecule is N#Cc1ccnc(NCCC2=CCNCC2)c1Cl. The van der Waals surface area contributed by atoms with Crippen LogP contribution in [0.2, 0.25) is 5.02 Å². The zero-order valence-electron chi connectivity index (χ0n) is 10.0. The Balaban J connectivity index is 1.90. The van der Waals surface area contributed by atoms with Crippen LogP contribution in [0, 0.1) is 11.3 Å². The summed E-state index contributed by atoms with van der Waals surface area (Å²) >= 11 is 6.06. The largest absolute Gasteiger partial charge is 0.368 e. The fourth-order valence-electron chi connectivity index (χ4n) is 1.89. The third kappa shape index (κ3) is 3.22. The number of rotatable bonds is 4. The molecule has 1 aliphatic heterocycles. The van der Waals surface area contributed by atoms with Crippen LogP contribution in [0.4, 0.5) is 5.82 Å². The van der Waals surface area contributed by atoms with Gasteiger partial charge in [0.1, 0.15) is 16.9 Å². The summed E-state index contributed by atoms with van der Waals surface area (Å²) in [6.45, 7) is 2.79. The fourth-order valence-corrected chi connectivity index (χ4v) is 2.11. The van der Waals surface area contributed by atoms with Gasteiger partial charge in [-0.15, -0.1) is 0 Å². The van der Waals surface area contributed by atoms with Gasteiger partial charge in [-0.2, -0.15) is 5.26 Å². The number of nitrogens with one attached hydrogen (secondary N) is 2. The number of hydrogen-bond acceptors (Lipinski definition) is 4. The fraction of sp³-hybridized carbons (Fsp3) is 0.385. The van der Waals surface area contributed by atoms with Crippen LogP contribution >= 0.6 is 11.6 Å². The first kappa shape index (κ1) is 12.9. The Labute approximate surface area is 112 Å². The van der Waals surface area contributed by atoms with Gasteiger partial charge in [-0.3, -0.25) is 0 Å². The van der Waals surface area contributed by atoms with Gasteiger partial charge in [-0.1, -0.05) is 23.3 Å². The Morgan fingerprint density at radius 1 is 1.56 bits per heavy atom. The summed E-state index contributed by atoms with van der Waals surface area (Å²) in [5.74, 6) is 0.588. The van der Waals surface area contributed by atoms with Crippen molar-refractivity contribution < 1.29 is 0 Å². The molecule has 0 aliphatic carbocycles. The molecule has 94 valence electrons. The van der Waals surface area contributed by atoms with Crippen LogP contribution in [-0.4, -0.2) is 24.6 Å². The molecule has 2 N–H and O–H groups in total. The van der Waals surface area contributed by atoms with E-state index in [4.69, 9.17) is 16.9 Å². The van der Waals surface area contributed by atoms with E-state index in [9.17, 15) is 0 Å². The van der Waals surface area contributed by atoms with E-state index in [0.29, 0.717) is 16.4 Å². The van der Waals surface area contributed by atoms with Gasteiger partial charge in [0.15, 0.2) is 0 Å². The van der Waals surface area contributed by atoms with Crippen molar-refractivity contribution in [3.05, 3.63) is 34.5 Å². The summed E-state index contributed by atoms with van der Waals surface area (Å²) in [5, 5.41) is 15.7. The van der Waals surface area contributed by atoms with E-state index in [1.54, 1.807) is 12.3 Å². The summed E-state index contributed by atoms with van der Waals surface area (Å²) in [6.07, 6.45) is 5.90. The minimum absolute atomic E-state index is 0.402. The molecule has 0 aromatic carbocycles. The first-order valence-corrected chi connectivity index (χ1v) is 6.36. The lowest BCUT2D eigenvalue weighted by molar-refractivity contribution is 0.683. The average Bonchev–Trinajstić information content (AvgIpc) is 2.42. The van der Waals surface area contributed by atoms with Gasteiger partial charge in [0.05, 0.1) is 5.56 Å².